The highest BCUT2D eigenvalue weighted by atomic mass is 16.5. The second-order valence-corrected chi connectivity index (χ2v) is 3.04. The zero-order valence-corrected chi connectivity index (χ0v) is 9.56. The van der Waals surface area contributed by atoms with E-state index in [4.69, 9.17) is 14.2 Å². The highest BCUT2D eigenvalue weighted by Gasteiger charge is 2.06. The van der Waals surface area contributed by atoms with Gasteiger partial charge in [-0.3, -0.25) is 4.79 Å². The molecule has 4 heteroatoms. The third-order valence-electron chi connectivity index (χ3n) is 1.95. The summed E-state index contributed by atoms with van der Waals surface area (Å²) in [4.78, 5) is 10.2. The quantitative estimate of drug-likeness (QED) is 0.666. The first kappa shape index (κ1) is 12.4. The molecule has 0 saturated heterocycles. The largest absolute Gasteiger partial charge is 0.494 e. The third-order valence-corrected chi connectivity index (χ3v) is 1.95. The van der Waals surface area contributed by atoms with Crippen LogP contribution in [0.2, 0.25) is 0 Å². The van der Waals surface area contributed by atoms with Gasteiger partial charge in [-0.1, -0.05) is 0 Å². The van der Waals surface area contributed by atoms with Crippen molar-refractivity contribution in [2.24, 2.45) is 0 Å². The summed E-state index contributed by atoms with van der Waals surface area (Å²) in [5, 5.41) is 0. The lowest BCUT2D eigenvalue weighted by Gasteiger charge is -2.11. The Morgan fingerprint density at radius 2 is 1.94 bits per heavy atom. The second-order valence-electron chi connectivity index (χ2n) is 3.04. The topological polar surface area (TPSA) is 44.8 Å². The number of hydrogen-bond donors (Lipinski definition) is 0. The van der Waals surface area contributed by atoms with Gasteiger partial charge in [-0.15, -0.1) is 0 Å². The molecule has 88 valence electrons. The molecule has 0 heterocycles. The minimum absolute atomic E-state index is 0.194. The predicted octanol–water partition coefficient (Wildman–Crippen LogP) is 2.16. The maximum absolute atomic E-state index is 10.2. The van der Waals surface area contributed by atoms with Crippen molar-refractivity contribution in [3.05, 3.63) is 23.8 Å². The Morgan fingerprint density at radius 1 is 1.19 bits per heavy atom. The fraction of sp³-hybridized carbons (Fsp3) is 0.417. The molecule has 16 heavy (non-hydrogen) atoms. The highest BCUT2D eigenvalue weighted by molar-refractivity contribution is 5.42. The zero-order valence-electron chi connectivity index (χ0n) is 9.56. The Morgan fingerprint density at radius 3 is 2.56 bits per heavy atom. The molecule has 1 aromatic rings. The first-order chi connectivity index (χ1) is 7.81. The van der Waals surface area contributed by atoms with Crippen molar-refractivity contribution in [1.82, 2.24) is 0 Å². The van der Waals surface area contributed by atoms with E-state index in [1.165, 1.54) is 0 Å². The molecule has 0 unspecified atom stereocenters. The summed E-state index contributed by atoms with van der Waals surface area (Å²) in [5.74, 6) is 1.46. The van der Waals surface area contributed by atoms with Gasteiger partial charge in [0.2, 0.25) is 0 Å². The lowest BCUT2D eigenvalue weighted by atomic mass is 10.2. The Balaban J connectivity index is 2.85. The van der Waals surface area contributed by atoms with Crippen LogP contribution in [0.25, 0.3) is 0 Å². The summed E-state index contributed by atoms with van der Waals surface area (Å²) < 4.78 is 15.5. The molecule has 0 aliphatic rings. The summed E-state index contributed by atoms with van der Waals surface area (Å²) in [6.45, 7) is 5.60. The first-order valence-corrected chi connectivity index (χ1v) is 5.25. The minimum atomic E-state index is 0.194. The monoisotopic (exact) mass is 224 g/mol. The van der Waals surface area contributed by atoms with Crippen molar-refractivity contribution in [3.8, 4) is 11.5 Å². The van der Waals surface area contributed by atoms with Gasteiger partial charge in [0.25, 0.3) is 6.47 Å². The van der Waals surface area contributed by atoms with Crippen LogP contribution in [0.1, 0.15) is 19.4 Å². The van der Waals surface area contributed by atoms with Crippen molar-refractivity contribution < 1.29 is 19.0 Å². The van der Waals surface area contributed by atoms with Gasteiger partial charge >= 0.3 is 0 Å². The number of rotatable bonds is 7. The molecule has 0 fully saturated rings. The van der Waals surface area contributed by atoms with Crippen LogP contribution in [0.3, 0.4) is 0 Å². The molecule has 0 radical (unpaired) electrons. The van der Waals surface area contributed by atoms with Gasteiger partial charge in [0.15, 0.2) is 0 Å². The molecule has 0 aliphatic heterocycles. The third kappa shape index (κ3) is 3.46. The van der Waals surface area contributed by atoms with Crippen LogP contribution in [0.15, 0.2) is 18.2 Å². The van der Waals surface area contributed by atoms with E-state index in [1.807, 2.05) is 32.0 Å². The van der Waals surface area contributed by atoms with Crippen LogP contribution in [0.4, 0.5) is 0 Å². The molecule has 0 saturated carbocycles. The van der Waals surface area contributed by atoms with E-state index in [0.29, 0.717) is 25.4 Å². The SMILES string of the molecule is CCOc1ccc(OCC)c(COC=O)c1. The molecule has 0 spiro atoms. The van der Waals surface area contributed by atoms with Crippen molar-refractivity contribution >= 4 is 6.47 Å². The molecule has 1 rings (SSSR count). The predicted molar refractivity (Wildman–Crippen MR) is 59.6 cm³/mol. The van der Waals surface area contributed by atoms with E-state index in [1.54, 1.807) is 0 Å². The maximum atomic E-state index is 10.2. The zero-order chi connectivity index (χ0) is 11.8. The Hall–Kier alpha value is -1.71. The highest BCUT2D eigenvalue weighted by Crippen LogP contribution is 2.25. The molecule has 4 nitrogen and oxygen atoms in total. The Kier molecular flexibility index (Phi) is 5.19. The van der Waals surface area contributed by atoms with E-state index in [-0.39, 0.29) is 6.61 Å². The lowest BCUT2D eigenvalue weighted by molar-refractivity contribution is -0.129. The molecule has 0 atom stereocenters. The molecule has 0 aliphatic carbocycles. The van der Waals surface area contributed by atoms with Gasteiger partial charge in [0, 0.05) is 5.56 Å². The standard InChI is InChI=1S/C12H16O4/c1-3-15-11-5-6-12(16-4-2)10(7-11)8-14-9-13/h5-7,9H,3-4,8H2,1-2H3. The van der Waals surface area contributed by atoms with Gasteiger partial charge < -0.3 is 14.2 Å². The second kappa shape index (κ2) is 6.71. The van der Waals surface area contributed by atoms with Crippen LogP contribution >= 0.6 is 0 Å². The number of ether oxygens (including phenoxy) is 3. The Bertz CT molecular complexity index is 336. The number of carbonyl (C=O) groups is 1. The van der Waals surface area contributed by atoms with Crippen molar-refractivity contribution in [3.63, 3.8) is 0 Å². The number of hydrogen-bond acceptors (Lipinski definition) is 4. The molecule has 1 aromatic carbocycles. The summed E-state index contributed by atoms with van der Waals surface area (Å²) in [5.41, 5.74) is 0.805. The molecule has 0 amide bonds. The van der Waals surface area contributed by atoms with E-state index in [0.717, 1.165) is 11.3 Å². The molecule has 0 bridgehead atoms. The average molecular weight is 224 g/mol. The summed E-state index contributed by atoms with van der Waals surface area (Å²) in [6, 6.07) is 5.47. The van der Waals surface area contributed by atoms with Crippen LogP contribution < -0.4 is 9.47 Å². The van der Waals surface area contributed by atoms with Gasteiger partial charge in [-0.25, -0.2) is 0 Å². The van der Waals surface area contributed by atoms with Crippen LogP contribution in [0.5, 0.6) is 11.5 Å². The molecular weight excluding hydrogens is 208 g/mol. The average Bonchev–Trinajstić information content (AvgIpc) is 2.30. The van der Waals surface area contributed by atoms with Crippen molar-refractivity contribution in [1.29, 1.82) is 0 Å². The fourth-order valence-electron chi connectivity index (χ4n) is 1.35. The van der Waals surface area contributed by atoms with E-state index >= 15 is 0 Å². The van der Waals surface area contributed by atoms with Crippen LogP contribution in [0, 0.1) is 0 Å². The lowest BCUT2D eigenvalue weighted by Crippen LogP contribution is -2.00. The molecule has 0 aromatic heterocycles. The van der Waals surface area contributed by atoms with Crippen molar-refractivity contribution in [2.75, 3.05) is 13.2 Å². The van der Waals surface area contributed by atoms with Gasteiger partial charge in [0.1, 0.15) is 18.1 Å². The molecule has 0 N–H and O–H groups in total. The summed E-state index contributed by atoms with van der Waals surface area (Å²) >= 11 is 0. The van der Waals surface area contributed by atoms with Gasteiger partial charge in [-0.2, -0.15) is 0 Å². The Labute approximate surface area is 95.1 Å². The van der Waals surface area contributed by atoms with E-state index < -0.39 is 0 Å². The minimum Gasteiger partial charge on any atom is -0.494 e. The number of carbonyl (C=O) groups excluding carboxylic acids is 1. The van der Waals surface area contributed by atoms with Crippen molar-refractivity contribution in [2.45, 2.75) is 20.5 Å². The molecular formula is C12H16O4. The van der Waals surface area contributed by atoms with Crippen LogP contribution in [-0.2, 0) is 16.1 Å². The smallest absolute Gasteiger partial charge is 0.293 e. The first-order valence-electron chi connectivity index (χ1n) is 5.25. The summed E-state index contributed by atoms with van der Waals surface area (Å²) in [7, 11) is 0. The fourth-order valence-corrected chi connectivity index (χ4v) is 1.35. The number of benzene rings is 1. The van der Waals surface area contributed by atoms with Gasteiger partial charge in [0.05, 0.1) is 13.2 Å². The van der Waals surface area contributed by atoms with Gasteiger partial charge in [-0.05, 0) is 32.0 Å². The van der Waals surface area contributed by atoms with Crippen LogP contribution in [-0.4, -0.2) is 19.7 Å². The van der Waals surface area contributed by atoms with E-state index in [9.17, 15) is 4.79 Å². The normalized spacial score (nSPS) is 9.62. The van der Waals surface area contributed by atoms with E-state index in [2.05, 4.69) is 0 Å². The maximum Gasteiger partial charge on any atom is 0.293 e. The summed E-state index contributed by atoms with van der Waals surface area (Å²) in [6.07, 6.45) is 0.